The van der Waals surface area contributed by atoms with Crippen molar-refractivity contribution in [3.63, 3.8) is 0 Å². The van der Waals surface area contributed by atoms with Crippen LogP contribution >= 0.6 is 0 Å². The Kier molecular flexibility index (Phi) is 6.22. The molecule has 0 unspecified atom stereocenters. The van der Waals surface area contributed by atoms with E-state index in [0.717, 1.165) is 5.56 Å². The van der Waals surface area contributed by atoms with Crippen LogP contribution in [-0.2, 0) is 9.47 Å². The molecule has 0 spiro atoms. The Bertz CT molecular complexity index is 1280. The zero-order chi connectivity index (χ0) is 23.4. The molecule has 7 heteroatoms. The monoisotopic (exact) mass is 442 g/mol. The van der Waals surface area contributed by atoms with Crippen LogP contribution in [0.4, 0.5) is 0 Å². The van der Waals surface area contributed by atoms with Gasteiger partial charge in [0.15, 0.2) is 5.69 Å². The average molecular weight is 442 g/mol. The van der Waals surface area contributed by atoms with E-state index in [1.165, 1.54) is 18.9 Å². The molecule has 0 amide bonds. The van der Waals surface area contributed by atoms with Gasteiger partial charge in [0, 0.05) is 5.56 Å². The number of ether oxygens (including phenoxy) is 3. The average Bonchev–Trinajstić information content (AvgIpc) is 3.26. The van der Waals surface area contributed by atoms with Gasteiger partial charge in [-0.15, -0.1) is 0 Å². The first-order chi connectivity index (χ1) is 16.0. The van der Waals surface area contributed by atoms with Crippen molar-refractivity contribution in [3.8, 4) is 28.4 Å². The minimum Gasteiger partial charge on any atom is -0.465 e. The largest absolute Gasteiger partial charge is 0.465 e. The lowest BCUT2D eigenvalue weighted by Gasteiger charge is -2.07. The molecule has 33 heavy (non-hydrogen) atoms. The van der Waals surface area contributed by atoms with Gasteiger partial charge in [-0.05, 0) is 55.5 Å². The zero-order valence-electron chi connectivity index (χ0n) is 18.4. The Balaban J connectivity index is 1.79. The molecule has 0 radical (unpaired) electrons. The summed E-state index contributed by atoms with van der Waals surface area (Å²) in [6.07, 6.45) is 0. The molecule has 1 aromatic heterocycles. The van der Waals surface area contributed by atoms with E-state index in [1.54, 1.807) is 36.4 Å². The molecular formula is C26H22N2O5. The molecule has 1 heterocycles. The van der Waals surface area contributed by atoms with Crippen molar-refractivity contribution in [2.75, 3.05) is 14.2 Å². The van der Waals surface area contributed by atoms with Crippen molar-refractivity contribution in [3.05, 3.63) is 95.7 Å². The molecule has 0 bridgehead atoms. The highest BCUT2D eigenvalue weighted by molar-refractivity contribution is 6.06. The fourth-order valence-electron chi connectivity index (χ4n) is 3.38. The fourth-order valence-corrected chi connectivity index (χ4v) is 3.38. The number of para-hydroxylation sites is 1. The van der Waals surface area contributed by atoms with E-state index in [9.17, 15) is 9.59 Å². The van der Waals surface area contributed by atoms with Gasteiger partial charge in [0.25, 0.3) is 0 Å². The smallest absolute Gasteiger partial charge is 0.357 e. The first kappa shape index (κ1) is 21.8. The van der Waals surface area contributed by atoms with Crippen molar-refractivity contribution in [1.82, 2.24) is 9.78 Å². The lowest BCUT2D eigenvalue weighted by Crippen LogP contribution is -2.15. The molecule has 0 aliphatic carbocycles. The first-order valence-electron chi connectivity index (χ1n) is 10.2. The Morgan fingerprint density at radius 3 is 1.91 bits per heavy atom. The molecule has 4 aromatic rings. The Hall–Kier alpha value is -4.39. The Morgan fingerprint density at radius 2 is 1.33 bits per heavy atom. The SMILES string of the molecule is COC(=O)c1c(-c2ccc(Oc3ccc(C)cc3)cc2)nn(-c2ccccc2)c1C(=O)OC. The molecule has 4 rings (SSSR count). The molecule has 0 saturated carbocycles. The van der Waals surface area contributed by atoms with E-state index in [1.807, 2.05) is 49.4 Å². The van der Waals surface area contributed by atoms with Gasteiger partial charge in [0.2, 0.25) is 0 Å². The summed E-state index contributed by atoms with van der Waals surface area (Å²) in [5.74, 6) is -0.0484. The van der Waals surface area contributed by atoms with Crippen LogP contribution in [0.3, 0.4) is 0 Å². The van der Waals surface area contributed by atoms with Crippen LogP contribution in [0, 0.1) is 6.92 Å². The second-order valence-electron chi connectivity index (χ2n) is 7.24. The summed E-state index contributed by atoms with van der Waals surface area (Å²) in [6, 6.07) is 23.8. The van der Waals surface area contributed by atoms with Gasteiger partial charge >= 0.3 is 11.9 Å². The molecule has 0 aliphatic heterocycles. The van der Waals surface area contributed by atoms with E-state index >= 15 is 0 Å². The van der Waals surface area contributed by atoms with Crippen molar-refractivity contribution >= 4 is 11.9 Å². The highest BCUT2D eigenvalue weighted by atomic mass is 16.5. The summed E-state index contributed by atoms with van der Waals surface area (Å²) in [7, 11) is 2.51. The van der Waals surface area contributed by atoms with Crippen molar-refractivity contribution in [2.45, 2.75) is 6.92 Å². The number of carbonyl (C=O) groups excluding carboxylic acids is 2. The van der Waals surface area contributed by atoms with Crippen LogP contribution in [0.15, 0.2) is 78.9 Å². The second-order valence-corrected chi connectivity index (χ2v) is 7.24. The number of nitrogens with zero attached hydrogens (tertiary/aromatic N) is 2. The number of aromatic nitrogens is 2. The number of rotatable bonds is 6. The standard InChI is InChI=1S/C26H22N2O5/c1-17-9-13-20(14-10-17)33-21-15-11-18(12-16-21)23-22(25(29)31-2)24(26(30)32-3)28(27-23)19-7-5-4-6-8-19/h4-16H,1-3H3. The van der Waals surface area contributed by atoms with E-state index < -0.39 is 11.9 Å². The molecule has 0 aliphatic rings. The fraction of sp³-hybridized carbons (Fsp3) is 0.115. The third-order valence-electron chi connectivity index (χ3n) is 5.04. The predicted octanol–water partition coefficient (Wildman–Crippen LogP) is 5.21. The maximum atomic E-state index is 12.7. The molecule has 7 nitrogen and oxygen atoms in total. The molecule has 0 N–H and O–H groups in total. The van der Waals surface area contributed by atoms with Gasteiger partial charge in [-0.2, -0.15) is 5.10 Å². The van der Waals surface area contributed by atoms with Crippen LogP contribution < -0.4 is 4.74 Å². The summed E-state index contributed by atoms with van der Waals surface area (Å²) >= 11 is 0. The molecule has 3 aromatic carbocycles. The van der Waals surface area contributed by atoms with E-state index in [-0.39, 0.29) is 11.3 Å². The second kappa shape index (κ2) is 9.40. The van der Waals surface area contributed by atoms with Crippen LogP contribution in [0.25, 0.3) is 16.9 Å². The summed E-state index contributed by atoms with van der Waals surface area (Å²) in [4.78, 5) is 25.4. The normalized spacial score (nSPS) is 10.5. The summed E-state index contributed by atoms with van der Waals surface area (Å²) in [5.41, 5.74) is 2.68. The predicted molar refractivity (Wildman–Crippen MR) is 123 cm³/mol. The van der Waals surface area contributed by atoms with Gasteiger partial charge in [-0.3, -0.25) is 0 Å². The Labute approximate surface area is 191 Å². The lowest BCUT2D eigenvalue weighted by molar-refractivity contribution is 0.0549. The highest BCUT2D eigenvalue weighted by Crippen LogP contribution is 2.31. The summed E-state index contributed by atoms with van der Waals surface area (Å²) in [5, 5.41) is 4.59. The summed E-state index contributed by atoms with van der Waals surface area (Å²) < 4.78 is 17.2. The molecule has 0 fully saturated rings. The highest BCUT2D eigenvalue weighted by Gasteiger charge is 2.31. The Morgan fingerprint density at radius 1 is 0.758 bits per heavy atom. The first-order valence-corrected chi connectivity index (χ1v) is 10.2. The minimum absolute atomic E-state index is 0.00877. The zero-order valence-corrected chi connectivity index (χ0v) is 18.4. The van der Waals surface area contributed by atoms with Gasteiger partial charge < -0.3 is 14.2 Å². The van der Waals surface area contributed by atoms with E-state index in [2.05, 4.69) is 5.10 Å². The van der Waals surface area contributed by atoms with Gasteiger partial charge in [0.05, 0.1) is 19.9 Å². The van der Waals surface area contributed by atoms with Gasteiger partial charge in [-0.25, -0.2) is 14.3 Å². The number of benzene rings is 3. The maximum absolute atomic E-state index is 12.7. The van der Waals surface area contributed by atoms with E-state index in [0.29, 0.717) is 28.4 Å². The molecule has 166 valence electrons. The molecule has 0 atom stereocenters. The summed E-state index contributed by atoms with van der Waals surface area (Å²) in [6.45, 7) is 2.01. The third kappa shape index (κ3) is 4.48. The van der Waals surface area contributed by atoms with Crippen LogP contribution in [-0.4, -0.2) is 35.9 Å². The number of aryl methyl sites for hydroxylation is 1. The van der Waals surface area contributed by atoms with Crippen LogP contribution in [0.1, 0.15) is 26.4 Å². The molecule has 0 saturated heterocycles. The number of esters is 2. The van der Waals surface area contributed by atoms with Gasteiger partial charge in [-0.1, -0.05) is 35.9 Å². The quantitative estimate of drug-likeness (QED) is 0.381. The lowest BCUT2D eigenvalue weighted by atomic mass is 10.1. The third-order valence-corrected chi connectivity index (χ3v) is 5.04. The topological polar surface area (TPSA) is 79.7 Å². The number of hydrogen-bond donors (Lipinski definition) is 0. The van der Waals surface area contributed by atoms with Crippen molar-refractivity contribution < 1.29 is 23.8 Å². The number of hydrogen-bond acceptors (Lipinski definition) is 6. The van der Waals surface area contributed by atoms with E-state index in [4.69, 9.17) is 14.2 Å². The van der Waals surface area contributed by atoms with Crippen molar-refractivity contribution in [2.24, 2.45) is 0 Å². The number of methoxy groups -OCH3 is 2. The number of carbonyl (C=O) groups is 2. The van der Waals surface area contributed by atoms with Gasteiger partial charge in [0.1, 0.15) is 22.8 Å². The van der Waals surface area contributed by atoms with Crippen molar-refractivity contribution in [1.29, 1.82) is 0 Å². The molecular weight excluding hydrogens is 420 g/mol. The van der Waals surface area contributed by atoms with Crippen LogP contribution in [0.2, 0.25) is 0 Å². The van der Waals surface area contributed by atoms with Crippen LogP contribution in [0.5, 0.6) is 11.5 Å². The minimum atomic E-state index is -0.697. The maximum Gasteiger partial charge on any atom is 0.357 e.